The summed E-state index contributed by atoms with van der Waals surface area (Å²) in [6.07, 6.45) is 1.17. The Morgan fingerprint density at radius 1 is 1.10 bits per heavy atom. The van der Waals surface area contributed by atoms with E-state index in [1.54, 1.807) is 0 Å². The summed E-state index contributed by atoms with van der Waals surface area (Å²) in [5.41, 5.74) is 3.97. The van der Waals surface area contributed by atoms with Crippen molar-refractivity contribution in [1.29, 1.82) is 0 Å². The molecule has 0 saturated carbocycles. The predicted octanol–water partition coefficient (Wildman–Crippen LogP) is 4.18. The Morgan fingerprint density at radius 3 is 2.48 bits per heavy atom. The van der Waals surface area contributed by atoms with Crippen molar-refractivity contribution >= 4 is 28.8 Å². The highest BCUT2D eigenvalue weighted by Gasteiger charge is 2.21. The number of benzene rings is 2. The maximum atomic E-state index is 13.0. The maximum Gasteiger partial charge on any atom is 0.433 e. The minimum atomic E-state index is -0.659. The predicted molar refractivity (Wildman–Crippen MR) is 114 cm³/mol. The monoisotopic (exact) mass is 416 g/mol. The van der Waals surface area contributed by atoms with Crippen LogP contribution in [0.2, 0.25) is 0 Å². The van der Waals surface area contributed by atoms with Gasteiger partial charge in [0.05, 0.1) is 19.4 Å². The fourth-order valence-electron chi connectivity index (χ4n) is 3.17. The summed E-state index contributed by atoms with van der Waals surface area (Å²) in [6.45, 7) is 0. The summed E-state index contributed by atoms with van der Waals surface area (Å²) in [4.78, 5) is 27.4. The van der Waals surface area contributed by atoms with Crippen LogP contribution in [0.25, 0.3) is 21.9 Å². The van der Waals surface area contributed by atoms with Gasteiger partial charge in [0.25, 0.3) is 5.91 Å². The van der Waals surface area contributed by atoms with Gasteiger partial charge in [0.2, 0.25) is 5.88 Å². The third-order valence-electron chi connectivity index (χ3n) is 4.50. The molecule has 1 amide bonds. The number of aromatic nitrogens is 1. The summed E-state index contributed by atoms with van der Waals surface area (Å²) in [5, 5.41) is 16.1. The summed E-state index contributed by atoms with van der Waals surface area (Å²) >= 11 is 0. The van der Waals surface area contributed by atoms with Crippen LogP contribution in [0.1, 0.15) is 16.2 Å². The van der Waals surface area contributed by atoms with Crippen molar-refractivity contribution in [1.82, 2.24) is 10.4 Å². The number of nitro groups is 1. The number of pyridine rings is 1. The van der Waals surface area contributed by atoms with Gasteiger partial charge in [-0.1, -0.05) is 48.5 Å². The average molecular weight is 416 g/mol. The number of ether oxygens (including phenoxy) is 1. The van der Waals surface area contributed by atoms with E-state index < -0.39 is 16.7 Å². The second-order valence-electron chi connectivity index (χ2n) is 6.39. The Hall–Kier alpha value is -4.53. The number of hydrogen-bond donors (Lipinski definition) is 1. The van der Waals surface area contributed by atoms with Gasteiger partial charge in [-0.2, -0.15) is 5.10 Å². The number of rotatable bonds is 6. The Morgan fingerprint density at radius 2 is 1.81 bits per heavy atom. The van der Waals surface area contributed by atoms with Gasteiger partial charge in [-0.15, -0.1) is 0 Å². The molecule has 154 valence electrons. The molecule has 0 fully saturated rings. The number of fused-ring (bicyclic) bond motifs is 1. The number of nitrogens with zero attached hydrogens (tertiary/aromatic N) is 3. The number of hydrazone groups is 1. The highest BCUT2D eigenvalue weighted by Crippen LogP contribution is 2.35. The Kier molecular flexibility index (Phi) is 5.39. The molecule has 0 aliphatic carbocycles. The minimum Gasteiger partial charge on any atom is -0.481 e. The van der Waals surface area contributed by atoms with E-state index in [9.17, 15) is 14.9 Å². The lowest BCUT2D eigenvalue weighted by Crippen LogP contribution is -2.20. The quantitative estimate of drug-likeness (QED) is 0.286. The van der Waals surface area contributed by atoms with Gasteiger partial charge in [0.1, 0.15) is 10.6 Å². The number of carbonyl (C=O) groups excluding carboxylic acids is 1. The SMILES string of the molecule is COc1nc(C(=O)N/N=C/c2ccc([N+](=O)[O-])o2)c(-c2ccccc2)c2ccccc12. The standard InChI is InChI=1S/C22H16N4O5/c1-30-22-17-10-6-5-9-16(17)19(14-7-3-2-4-8-14)20(24-22)21(27)25-23-13-15-11-12-18(31-15)26(28)29/h2-13H,1H3,(H,25,27)/b23-13+. The number of methoxy groups -OCH3 is 1. The van der Waals surface area contributed by atoms with E-state index in [1.165, 1.54) is 25.5 Å². The molecule has 0 aliphatic heterocycles. The van der Waals surface area contributed by atoms with Crippen molar-refractivity contribution in [3.05, 3.63) is 88.3 Å². The first kappa shape index (κ1) is 19.8. The van der Waals surface area contributed by atoms with Crippen molar-refractivity contribution in [3.8, 4) is 17.0 Å². The highest BCUT2D eigenvalue weighted by molar-refractivity contribution is 6.09. The zero-order valence-corrected chi connectivity index (χ0v) is 16.3. The van der Waals surface area contributed by atoms with Gasteiger partial charge in [-0.05, 0) is 23.1 Å². The zero-order chi connectivity index (χ0) is 21.8. The molecular formula is C22H16N4O5. The van der Waals surface area contributed by atoms with Crippen molar-refractivity contribution in [2.75, 3.05) is 7.11 Å². The van der Waals surface area contributed by atoms with Crippen molar-refractivity contribution in [3.63, 3.8) is 0 Å². The molecule has 2 aromatic heterocycles. The van der Waals surface area contributed by atoms with Crippen LogP contribution in [0.5, 0.6) is 5.88 Å². The van der Waals surface area contributed by atoms with Crippen LogP contribution in [0.4, 0.5) is 5.88 Å². The van der Waals surface area contributed by atoms with Crippen molar-refractivity contribution < 1.29 is 18.9 Å². The van der Waals surface area contributed by atoms with E-state index >= 15 is 0 Å². The highest BCUT2D eigenvalue weighted by atomic mass is 16.6. The molecule has 4 aromatic rings. The largest absolute Gasteiger partial charge is 0.481 e. The molecular weight excluding hydrogens is 400 g/mol. The van der Waals surface area contributed by atoms with Crippen LogP contribution in [0, 0.1) is 10.1 Å². The lowest BCUT2D eigenvalue weighted by Gasteiger charge is -2.14. The molecule has 9 heteroatoms. The Labute approximate surface area is 176 Å². The normalized spacial score (nSPS) is 11.0. The van der Waals surface area contributed by atoms with Crippen LogP contribution in [0.3, 0.4) is 0 Å². The molecule has 1 N–H and O–H groups in total. The van der Waals surface area contributed by atoms with Crippen LogP contribution in [-0.2, 0) is 0 Å². The summed E-state index contributed by atoms with van der Waals surface area (Å²) in [6, 6.07) is 19.5. The second-order valence-corrected chi connectivity index (χ2v) is 6.39. The molecule has 4 rings (SSSR count). The summed E-state index contributed by atoms with van der Waals surface area (Å²) < 4.78 is 10.4. The number of hydrogen-bond acceptors (Lipinski definition) is 7. The van der Waals surface area contributed by atoms with Gasteiger partial charge in [0, 0.05) is 10.9 Å². The zero-order valence-electron chi connectivity index (χ0n) is 16.3. The van der Waals surface area contributed by atoms with Crippen LogP contribution < -0.4 is 10.2 Å². The first-order valence-electron chi connectivity index (χ1n) is 9.18. The molecule has 0 atom stereocenters. The number of carbonyl (C=O) groups is 1. The van der Waals surface area contributed by atoms with Crippen LogP contribution in [-0.4, -0.2) is 29.1 Å². The number of amides is 1. The molecule has 9 nitrogen and oxygen atoms in total. The van der Waals surface area contributed by atoms with Gasteiger partial charge in [0.15, 0.2) is 5.76 Å². The van der Waals surface area contributed by atoms with E-state index in [0.717, 1.165) is 16.3 Å². The lowest BCUT2D eigenvalue weighted by atomic mass is 9.97. The third kappa shape index (κ3) is 3.97. The third-order valence-corrected chi connectivity index (χ3v) is 4.50. The molecule has 0 aliphatic rings. The van der Waals surface area contributed by atoms with Gasteiger partial charge in [-0.25, -0.2) is 10.4 Å². The molecule has 2 heterocycles. The van der Waals surface area contributed by atoms with E-state index in [4.69, 9.17) is 9.15 Å². The molecule has 0 spiro atoms. The Balaban J connectivity index is 1.74. The van der Waals surface area contributed by atoms with Crippen molar-refractivity contribution in [2.45, 2.75) is 0 Å². The maximum absolute atomic E-state index is 13.0. The topological polar surface area (TPSA) is 120 Å². The Bertz CT molecular complexity index is 1300. The van der Waals surface area contributed by atoms with Gasteiger partial charge < -0.3 is 9.15 Å². The fraction of sp³-hybridized carbons (Fsp3) is 0.0455. The minimum absolute atomic E-state index is 0.124. The van der Waals surface area contributed by atoms with Crippen molar-refractivity contribution in [2.24, 2.45) is 5.10 Å². The second kappa shape index (κ2) is 8.46. The molecule has 0 radical (unpaired) electrons. The average Bonchev–Trinajstić information content (AvgIpc) is 3.28. The first-order valence-corrected chi connectivity index (χ1v) is 9.18. The van der Waals surface area contributed by atoms with Gasteiger partial charge in [-0.3, -0.25) is 14.9 Å². The van der Waals surface area contributed by atoms with E-state index in [1.807, 2.05) is 54.6 Å². The lowest BCUT2D eigenvalue weighted by molar-refractivity contribution is -0.402. The fourth-order valence-corrected chi connectivity index (χ4v) is 3.17. The van der Waals surface area contributed by atoms with Crippen LogP contribution >= 0.6 is 0 Å². The number of furan rings is 1. The van der Waals surface area contributed by atoms with E-state index in [0.29, 0.717) is 11.4 Å². The molecule has 0 unspecified atom stereocenters. The number of nitrogens with one attached hydrogen (secondary N) is 1. The molecule has 31 heavy (non-hydrogen) atoms. The van der Waals surface area contributed by atoms with E-state index in [2.05, 4.69) is 15.5 Å². The van der Waals surface area contributed by atoms with Gasteiger partial charge >= 0.3 is 5.88 Å². The molecule has 0 bridgehead atoms. The molecule has 2 aromatic carbocycles. The summed E-state index contributed by atoms with van der Waals surface area (Å²) in [5.74, 6) is -0.550. The molecule has 0 saturated heterocycles. The summed E-state index contributed by atoms with van der Waals surface area (Å²) in [7, 11) is 1.49. The van der Waals surface area contributed by atoms with Crippen LogP contribution in [0.15, 0.2) is 76.2 Å². The van der Waals surface area contributed by atoms with E-state index in [-0.39, 0.29) is 11.5 Å². The first-order chi connectivity index (χ1) is 15.1. The smallest absolute Gasteiger partial charge is 0.433 e.